The summed E-state index contributed by atoms with van der Waals surface area (Å²) in [4.78, 5) is 30.6. The van der Waals surface area contributed by atoms with Gasteiger partial charge in [0.1, 0.15) is 11.4 Å². The number of aromatic amines is 1. The number of piperidine rings is 1. The first-order chi connectivity index (χ1) is 16.6. The van der Waals surface area contributed by atoms with Gasteiger partial charge in [-0.15, -0.1) is 0 Å². The van der Waals surface area contributed by atoms with Crippen LogP contribution in [0.5, 0.6) is 5.88 Å². The lowest BCUT2D eigenvalue weighted by Gasteiger charge is -2.35. The molecule has 2 aromatic heterocycles. The summed E-state index contributed by atoms with van der Waals surface area (Å²) in [5, 5.41) is 3.11. The lowest BCUT2D eigenvalue weighted by Crippen LogP contribution is -2.38. The van der Waals surface area contributed by atoms with Crippen molar-refractivity contribution < 1.29 is 9.47 Å². The second-order valence-corrected chi connectivity index (χ2v) is 9.35. The minimum Gasteiger partial charge on any atom is -0.471 e. The highest BCUT2D eigenvalue weighted by molar-refractivity contribution is 5.66. The van der Waals surface area contributed by atoms with Gasteiger partial charge in [0, 0.05) is 43.7 Å². The second-order valence-electron chi connectivity index (χ2n) is 9.35. The maximum atomic E-state index is 11.5. The van der Waals surface area contributed by atoms with Gasteiger partial charge in [-0.2, -0.15) is 4.98 Å². The summed E-state index contributed by atoms with van der Waals surface area (Å²) in [6.45, 7) is 1.83. The molecule has 0 amide bonds. The van der Waals surface area contributed by atoms with Gasteiger partial charge in [-0.05, 0) is 62.8 Å². The number of methoxy groups -OCH3 is 1. The van der Waals surface area contributed by atoms with Gasteiger partial charge in [-0.1, -0.05) is 0 Å². The zero-order valence-corrected chi connectivity index (χ0v) is 19.2. The van der Waals surface area contributed by atoms with Crippen LogP contribution in [0, 0.1) is 0 Å². The number of fused-ring (bicyclic) bond motifs is 1. The molecule has 6 rings (SSSR count). The number of hydrogen-bond donors (Lipinski definition) is 2. The van der Waals surface area contributed by atoms with Crippen molar-refractivity contribution in [1.82, 2.24) is 19.9 Å². The largest absolute Gasteiger partial charge is 0.471 e. The maximum absolute atomic E-state index is 11.5. The Balaban J connectivity index is 1.31. The number of nitrogens with one attached hydrogen (secondary N) is 2. The molecular formula is C25H28N6O3. The van der Waals surface area contributed by atoms with Crippen LogP contribution >= 0.6 is 0 Å². The van der Waals surface area contributed by atoms with Crippen molar-refractivity contribution in [2.75, 3.05) is 30.4 Å². The molecule has 3 aliphatic rings. The van der Waals surface area contributed by atoms with Gasteiger partial charge in [0.15, 0.2) is 5.82 Å². The van der Waals surface area contributed by atoms with Gasteiger partial charge in [0.2, 0.25) is 11.8 Å². The van der Waals surface area contributed by atoms with Crippen LogP contribution in [-0.2, 0) is 11.2 Å². The number of anilines is 3. The van der Waals surface area contributed by atoms with E-state index in [9.17, 15) is 4.79 Å². The molecular weight excluding hydrogens is 432 g/mol. The van der Waals surface area contributed by atoms with E-state index in [1.807, 2.05) is 24.3 Å². The molecule has 0 unspecified atom stereocenters. The van der Waals surface area contributed by atoms with Gasteiger partial charge >= 0.3 is 0 Å². The molecule has 0 atom stereocenters. The Morgan fingerprint density at radius 3 is 2.62 bits per heavy atom. The number of hydrogen-bond acceptors (Lipinski definition) is 8. The average molecular weight is 461 g/mol. The SMILES string of the molecule is COC1CCN(c2nc(-c3ccc(Nc4nccc(=O)[nH]4)cc3)nc3c2CCC2(CC2)O3)CC1. The summed E-state index contributed by atoms with van der Waals surface area (Å²) >= 11 is 0. The van der Waals surface area contributed by atoms with Crippen molar-refractivity contribution in [2.45, 2.75) is 50.2 Å². The molecule has 3 aromatic rings. The molecule has 1 aliphatic carbocycles. The molecule has 2 fully saturated rings. The zero-order valence-electron chi connectivity index (χ0n) is 19.2. The third kappa shape index (κ3) is 4.11. The fraction of sp³-hybridized carbons (Fsp3) is 0.440. The van der Waals surface area contributed by atoms with Crippen molar-refractivity contribution >= 4 is 17.5 Å². The summed E-state index contributed by atoms with van der Waals surface area (Å²) in [5.74, 6) is 2.80. The van der Waals surface area contributed by atoms with E-state index in [1.165, 1.54) is 12.3 Å². The van der Waals surface area contributed by atoms with Crippen LogP contribution in [0.3, 0.4) is 0 Å². The Morgan fingerprint density at radius 2 is 1.91 bits per heavy atom. The lowest BCUT2D eigenvalue weighted by atomic mass is 10.0. The first-order valence-corrected chi connectivity index (χ1v) is 11.9. The van der Waals surface area contributed by atoms with E-state index in [4.69, 9.17) is 19.4 Å². The molecule has 176 valence electrons. The van der Waals surface area contributed by atoms with Gasteiger partial charge in [-0.3, -0.25) is 9.78 Å². The number of rotatable bonds is 5. The Labute approximate surface area is 197 Å². The minimum absolute atomic E-state index is 0.00762. The third-order valence-corrected chi connectivity index (χ3v) is 7.05. The summed E-state index contributed by atoms with van der Waals surface area (Å²) in [6.07, 6.45) is 7.98. The van der Waals surface area contributed by atoms with Crippen molar-refractivity contribution in [3.63, 3.8) is 0 Å². The van der Waals surface area contributed by atoms with Gasteiger partial charge in [0.05, 0.1) is 11.7 Å². The highest BCUT2D eigenvalue weighted by Crippen LogP contribution is 2.49. The van der Waals surface area contributed by atoms with Gasteiger partial charge in [-0.25, -0.2) is 9.97 Å². The fourth-order valence-corrected chi connectivity index (χ4v) is 4.82. The zero-order chi connectivity index (χ0) is 23.1. The first-order valence-electron chi connectivity index (χ1n) is 11.9. The molecule has 34 heavy (non-hydrogen) atoms. The van der Waals surface area contributed by atoms with E-state index in [0.29, 0.717) is 17.9 Å². The molecule has 1 saturated heterocycles. The number of ether oxygens (including phenoxy) is 2. The Morgan fingerprint density at radius 1 is 1.12 bits per heavy atom. The smallest absolute Gasteiger partial charge is 0.252 e. The molecule has 9 heteroatoms. The number of aromatic nitrogens is 4. The van der Waals surface area contributed by atoms with E-state index in [1.54, 1.807) is 7.11 Å². The van der Waals surface area contributed by atoms with Crippen LogP contribution in [-0.4, -0.2) is 51.8 Å². The number of nitrogens with zero attached hydrogens (tertiary/aromatic N) is 4. The summed E-state index contributed by atoms with van der Waals surface area (Å²) in [6, 6.07) is 9.19. The van der Waals surface area contributed by atoms with E-state index in [-0.39, 0.29) is 11.2 Å². The highest BCUT2D eigenvalue weighted by atomic mass is 16.5. The van der Waals surface area contributed by atoms with Crippen molar-refractivity contribution in [3.8, 4) is 17.3 Å². The molecule has 0 bridgehead atoms. The van der Waals surface area contributed by atoms with Crippen molar-refractivity contribution in [2.24, 2.45) is 0 Å². The maximum Gasteiger partial charge on any atom is 0.252 e. The average Bonchev–Trinajstić information content (AvgIpc) is 3.62. The standard InChI is InChI=1S/C25H28N6O3/c1-33-18-8-14-31(15-9-18)22-19-6-10-25(11-12-25)34-23(19)30-21(29-22)16-2-4-17(5-3-16)27-24-26-13-7-20(32)28-24/h2-5,7,13,18H,6,8-12,14-15H2,1H3,(H2,26,27,28,32). The van der Waals surface area contributed by atoms with Crippen LogP contribution < -0.4 is 20.5 Å². The quantitative estimate of drug-likeness (QED) is 0.597. The minimum atomic E-state index is -0.202. The van der Waals surface area contributed by atoms with Crippen LogP contribution in [0.1, 0.15) is 37.7 Å². The van der Waals surface area contributed by atoms with E-state index in [0.717, 1.165) is 80.1 Å². The molecule has 1 spiro atoms. The van der Waals surface area contributed by atoms with Crippen LogP contribution in [0.25, 0.3) is 11.4 Å². The predicted molar refractivity (Wildman–Crippen MR) is 129 cm³/mol. The summed E-state index contributed by atoms with van der Waals surface area (Å²) in [7, 11) is 1.79. The van der Waals surface area contributed by atoms with Crippen LogP contribution in [0.15, 0.2) is 41.3 Å². The Bertz CT molecular complexity index is 1250. The van der Waals surface area contributed by atoms with Crippen LogP contribution in [0.2, 0.25) is 0 Å². The molecule has 2 N–H and O–H groups in total. The number of H-pyrrole nitrogens is 1. The molecule has 1 saturated carbocycles. The van der Waals surface area contributed by atoms with Crippen molar-refractivity contribution in [1.29, 1.82) is 0 Å². The third-order valence-electron chi connectivity index (χ3n) is 7.05. The second kappa shape index (κ2) is 8.39. The highest BCUT2D eigenvalue weighted by Gasteiger charge is 2.49. The van der Waals surface area contributed by atoms with E-state index in [2.05, 4.69) is 20.2 Å². The summed E-state index contributed by atoms with van der Waals surface area (Å²) < 4.78 is 12.0. The molecule has 9 nitrogen and oxygen atoms in total. The monoisotopic (exact) mass is 460 g/mol. The van der Waals surface area contributed by atoms with E-state index >= 15 is 0 Å². The topological polar surface area (TPSA) is 105 Å². The predicted octanol–water partition coefficient (Wildman–Crippen LogP) is 3.44. The van der Waals surface area contributed by atoms with Gasteiger partial charge in [0.25, 0.3) is 5.56 Å². The molecule has 2 aliphatic heterocycles. The Kier molecular flexibility index (Phi) is 5.21. The fourth-order valence-electron chi connectivity index (χ4n) is 4.82. The lowest BCUT2D eigenvalue weighted by molar-refractivity contribution is 0.0816. The normalized spacial score (nSPS) is 18.9. The van der Waals surface area contributed by atoms with Crippen molar-refractivity contribution in [3.05, 3.63) is 52.4 Å². The number of benzene rings is 1. The van der Waals surface area contributed by atoms with Gasteiger partial charge < -0.3 is 19.7 Å². The molecule has 4 heterocycles. The van der Waals surface area contributed by atoms with E-state index < -0.39 is 0 Å². The Hall–Kier alpha value is -3.46. The molecule has 0 radical (unpaired) electrons. The first kappa shape index (κ1) is 21.1. The van der Waals surface area contributed by atoms with Crippen LogP contribution in [0.4, 0.5) is 17.5 Å². The molecule has 1 aromatic carbocycles. The summed E-state index contributed by atoms with van der Waals surface area (Å²) in [5.41, 5.74) is 2.65.